The van der Waals surface area contributed by atoms with E-state index in [0.29, 0.717) is 13.0 Å². The first-order valence-electron chi connectivity index (χ1n) is 8.39. The second-order valence-corrected chi connectivity index (χ2v) is 7.97. The lowest BCUT2D eigenvalue weighted by Crippen LogP contribution is -2.45. The third-order valence-electron chi connectivity index (χ3n) is 3.93. The zero-order valence-corrected chi connectivity index (χ0v) is 15.1. The number of hydrogen-bond donors (Lipinski definition) is 2. The monoisotopic (exact) mass is 354 g/mol. The number of nitrogens with one attached hydrogen (secondary N) is 2. The number of carbonyl (C=O) groups is 1. The molecule has 0 aromatic carbocycles. The van der Waals surface area contributed by atoms with Crippen LogP contribution in [0.4, 0.5) is 5.82 Å². The van der Waals surface area contributed by atoms with Gasteiger partial charge in [0.25, 0.3) is 0 Å². The molecular weight excluding hydrogens is 328 g/mol. The third-order valence-corrected chi connectivity index (χ3v) is 5.59. The van der Waals surface area contributed by atoms with Gasteiger partial charge in [0.2, 0.25) is 15.9 Å². The molecule has 24 heavy (non-hydrogen) atoms. The highest BCUT2D eigenvalue weighted by Crippen LogP contribution is 2.18. The fourth-order valence-corrected chi connectivity index (χ4v) is 3.98. The molecule has 2 N–H and O–H groups in total. The molecule has 1 aromatic rings. The summed E-state index contributed by atoms with van der Waals surface area (Å²) in [4.78, 5) is 18.7. The van der Waals surface area contributed by atoms with E-state index in [9.17, 15) is 13.2 Å². The summed E-state index contributed by atoms with van der Waals surface area (Å²) in [7, 11) is -3.40. The van der Waals surface area contributed by atoms with Gasteiger partial charge in [0.15, 0.2) is 0 Å². The molecule has 8 heteroatoms. The van der Waals surface area contributed by atoms with Gasteiger partial charge < -0.3 is 10.2 Å². The summed E-state index contributed by atoms with van der Waals surface area (Å²) in [5, 5.41) is 2.77. The fourth-order valence-electron chi connectivity index (χ4n) is 2.68. The van der Waals surface area contributed by atoms with Crippen LogP contribution in [0.25, 0.3) is 0 Å². The van der Waals surface area contributed by atoms with Crippen LogP contribution in [-0.4, -0.2) is 44.2 Å². The number of sulfonamides is 1. The van der Waals surface area contributed by atoms with Crippen LogP contribution in [0, 0.1) is 0 Å². The van der Waals surface area contributed by atoms with E-state index in [4.69, 9.17) is 0 Å². The van der Waals surface area contributed by atoms with E-state index in [-0.39, 0.29) is 11.7 Å². The molecule has 2 heterocycles. The molecule has 1 atom stereocenters. The minimum Gasteiger partial charge on any atom is -0.357 e. The summed E-state index contributed by atoms with van der Waals surface area (Å²) in [6.45, 7) is 5.70. The van der Waals surface area contributed by atoms with Gasteiger partial charge in [-0.25, -0.2) is 18.1 Å². The molecule has 1 aliphatic heterocycles. The minimum absolute atomic E-state index is 0.0220. The number of hydrogen-bond acceptors (Lipinski definition) is 5. The van der Waals surface area contributed by atoms with E-state index < -0.39 is 16.1 Å². The van der Waals surface area contributed by atoms with Crippen LogP contribution < -0.4 is 14.9 Å². The molecule has 134 valence electrons. The quantitative estimate of drug-likeness (QED) is 0.727. The summed E-state index contributed by atoms with van der Waals surface area (Å²) in [6.07, 6.45) is 4.61. The van der Waals surface area contributed by atoms with Gasteiger partial charge in [0, 0.05) is 25.8 Å². The first-order chi connectivity index (χ1) is 11.4. The Morgan fingerprint density at radius 3 is 2.75 bits per heavy atom. The predicted octanol–water partition coefficient (Wildman–Crippen LogP) is 1.02. The van der Waals surface area contributed by atoms with Crippen molar-refractivity contribution in [1.82, 2.24) is 15.0 Å². The van der Waals surface area contributed by atoms with Crippen LogP contribution in [0.5, 0.6) is 0 Å². The average Bonchev–Trinajstić information content (AvgIpc) is 3.06. The molecule has 1 fully saturated rings. The van der Waals surface area contributed by atoms with Crippen molar-refractivity contribution in [2.24, 2.45) is 0 Å². The van der Waals surface area contributed by atoms with Crippen molar-refractivity contribution < 1.29 is 13.2 Å². The van der Waals surface area contributed by atoms with Crippen LogP contribution >= 0.6 is 0 Å². The lowest BCUT2D eigenvalue weighted by molar-refractivity contribution is -0.122. The van der Waals surface area contributed by atoms with Crippen molar-refractivity contribution in [3.05, 3.63) is 23.9 Å². The largest absolute Gasteiger partial charge is 0.357 e. The minimum atomic E-state index is -3.40. The van der Waals surface area contributed by atoms with Crippen LogP contribution in [0.1, 0.15) is 38.7 Å². The number of aromatic nitrogens is 1. The molecule has 0 bridgehead atoms. The molecule has 0 unspecified atom stereocenters. The van der Waals surface area contributed by atoms with Gasteiger partial charge in [-0.2, -0.15) is 0 Å². The van der Waals surface area contributed by atoms with Crippen molar-refractivity contribution in [3.8, 4) is 0 Å². The smallest absolute Gasteiger partial charge is 0.238 e. The standard InChI is InChI=1S/C16H26N4O3S/c1-3-10-24(22,23)19-13(2)16(21)18-12-14-6-7-17-15(11-14)20-8-4-5-9-20/h6-7,11,13,19H,3-5,8-10,12H2,1-2H3,(H,18,21)/t13-/m1/s1. The van der Waals surface area contributed by atoms with E-state index in [1.807, 2.05) is 12.1 Å². The molecule has 0 aliphatic carbocycles. The number of rotatable bonds is 8. The fraction of sp³-hybridized carbons (Fsp3) is 0.625. The van der Waals surface area contributed by atoms with Gasteiger partial charge in [0.1, 0.15) is 5.82 Å². The maximum absolute atomic E-state index is 12.1. The highest BCUT2D eigenvalue weighted by molar-refractivity contribution is 7.89. The Balaban J connectivity index is 1.88. The van der Waals surface area contributed by atoms with Crippen molar-refractivity contribution in [1.29, 1.82) is 0 Å². The van der Waals surface area contributed by atoms with Gasteiger partial charge in [-0.15, -0.1) is 0 Å². The van der Waals surface area contributed by atoms with Crippen LogP contribution in [0.3, 0.4) is 0 Å². The molecule has 0 saturated carbocycles. The molecule has 1 aliphatic rings. The number of anilines is 1. The van der Waals surface area contributed by atoms with E-state index in [2.05, 4.69) is 19.9 Å². The van der Waals surface area contributed by atoms with Gasteiger partial charge in [-0.1, -0.05) is 6.92 Å². The summed E-state index contributed by atoms with van der Waals surface area (Å²) in [5.41, 5.74) is 0.948. The lowest BCUT2D eigenvalue weighted by atomic mass is 10.2. The molecule has 1 amide bonds. The third kappa shape index (κ3) is 5.45. The zero-order chi connectivity index (χ0) is 17.6. The maximum Gasteiger partial charge on any atom is 0.238 e. The van der Waals surface area contributed by atoms with Gasteiger partial charge in [-0.3, -0.25) is 4.79 Å². The van der Waals surface area contributed by atoms with Crippen LogP contribution in [0.2, 0.25) is 0 Å². The van der Waals surface area contributed by atoms with Gasteiger partial charge in [-0.05, 0) is 43.9 Å². The van der Waals surface area contributed by atoms with Crippen molar-refractivity contribution in [3.63, 3.8) is 0 Å². The summed E-state index contributed by atoms with van der Waals surface area (Å²) in [6, 6.07) is 3.03. The van der Waals surface area contributed by atoms with E-state index in [1.165, 1.54) is 12.8 Å². The molecule has 0 radical (unpaired) electrons. The first-order valence-corrected chi connectivity index (χ1v) is 10.0. The Hall–Kier alpha value is -1.67. The zero-order valence-electron chi connectivity index (χ0n) is 14.3. The number of carbonyl (C=O) groups excluding carboxylic acids is 1. The second kappa shape index (κ2) is 8.43. The maximum atomic E-state index is 12.1. The molecule has 1 aromatic heterocycles. The Morgan fingerprint density at radius 2 is 2.08 bits per heavy atom. The van der Waals surface area contributed by atoms with Crippen molar-refractivity contribution in [2.45, 2.75) is 45.7 Å². The van der Waals surface area contributed by atoms with Gasteiger partial charge >= 0.3 is 0 Å². The van der Waals surface area contributed by atoms with Crippen molar-refractivity contribution in [2.75, 3.05) is 23.7 Å². The van der Waals surface area contributed by atoms with Crippen LogP contribution in [0.15, 0.2) is 18.3 Å². The molecule has 0 spiro atoms. The molecule has 1 saturated heterocycles. The summed E-state index contributed by atoms with van der Waals surface area (Å²) < 4.78 is 25.8. The Morgan fingerprint density at radius 1 is 1.38 bits per heavy atom. The number of pyridine rings is 1. The average molecular weight is 354 g/mol. The number of amides is 1. The van der Waals surface area contributed by atoms with E-state index in [1.54, 1.807) is 20.0 Å². The highest BCUT2D eigenvalue weighted by Gasteiger charge is 2.19. The predicted molar refractivity (Wildman–Crippen MR) is 94.2 cm³/mol. The van der Waals surface area contributed by atoms with Crippen LogP contribution in [-0.2, 0) is 21.4 Å². The Kier molecular flexibility index (Phi) is 6.56. The lowest BCUT2D eigenvalue weighted by Gasteiger charge is -2.17. The molecule has 7 nitrogen and oxygen atoms in total. The SMILES string of the molecule is CCCS(=O)(=O)N[C@H](C)C(=O)NCc1ccnc(N2CCCC2)c1. The van der Waals surface area contributed by atoms with E-state index in [0.717, 1.165) is 24.5 Å². The highest BCUT2D eigenvalue weighted by atomic mass is 32.2. The normalized spacial score (nSPS) is 16.2. The topological polar surface area (TPSA) is 91.4 Å². The Bertz CT molecular complexity index is 657. The molecular formula is C16H26N4O3S. The van der Waals surface area contributed by atoms with Crippen molar-refractivity contribution >= 4 is 21.7 Å². The first kappa shape index (κ1) is 18.7. The number of nitrogens with zero attached hydrogens (tertiary/aromatic N) is 2. The summed E-state index contributed by atoms with van der Waals surface area (Å²) >= 11 is 0. The van der Waals surface area contributed by atoms with E-state index >= 15 is 0 Å². The van der Waals surface area contributed by atoms with Gasteiger partial charge in [0.05, 0.1) is 11.8 Å². The molecule has 2 rings (SSSR count). The summed E-state index contributed by atoms with van der Waals surface area (Å²) in [5.74, 6) is 0.610. The Labute approximate surface area is 143 Å². The second-order valence-electron chi connectivity index (χ2n) is 6.09.